The smallest absolute Gasteiger partial charge is 0.308 e. The number of nitrogens with zero attached hydrogens (tertiary/aromatic N) is 3. The first kappa shape index (κ1) is 20.4. The Kier molecular flexibility index (Phi) is 6.06. The fraction of sp³-hybridized carbons (Fsp3) is 0.412. The lowest BCUT2D eigenvalue weighted by Crippen LogP contribution is -2.40. The van der Waals surface area contributed by atoms with E-state index in [0.717, 1.165) is 16.9 Å². The van der Waals surface area contributed by atoms with Gasteiger partial charge in [0.05, 0.1) is 13.0 Å². The van der Waals surface area contributed by atoms with E-state index in [1.807, 2.05) is 13.0 Å². The van der Waals surface area contributed by atoms with Crippen LogP contribution in [0.5, 0.6) is 0 Å². The van der Waals surface area contributed by atoms with Crippen LogP contribution < -0.4 is 5.32 Å². The minimum absolute atomic E-state index is 0.106. The van der Waals surface area contributed by atoms with Crippen molar-refractivity contribution >= 4 is 38.4 Å². The third-order valence-electron chi connectivity index (χ3n) is 4.46. The number of methoxy groups -OCH3 is 1. The minimum Gasteiger partial charge on any atom is -0.469 e. The summed E-state index contributed by atoms with van der Waals surface area (Å²) in [5.41, 5.74) is 1.38. The Balaban J connectivity index is 1.67. The Morgan fingerprint density at radius 2 is 1.96 bits per heavy atom. The first-order valence-corrected chi connectivity index (χ1v) is 10.9. The first-order valence-electron chi connectivity index (χ1n) is 8.61. The quantitative estimate of drug-likeness (QED) is 0.573. The summed E-state index contributed by atoms with van der Waals surface area (Å²) in [6, 6.07) is 7.01. The molecule has 1 saturated heterocycles. The minimum atomic E-state index is -3.83. The second-order valence-electron chi connectivity index (χ2n) is 6.40. The number of aryl methyl sites for hydroxylation is 1. The van der Waals surface area contributed by atoms with Gasteiger partial charge in [-0.3, -0.25) is 14.9 Å². The Morgan fingerprint density at radius 3 is 2.61 bits per heavy atom. The van der Waals surface area contributed by atoms with Crippen LogP contribution in [-0.2, 0) is 19.6 Å². The van der Waals surface area contributed by atoms with E-state index in [1.165, 1.54) is 11.4 Å². The zero-order chi connectivity index (χ0) is 20.3. The van der Waals surface area contributed by atoms with Crippen molar-refractivity contribution in [3.63, 3.8) is 0 Å². The molecule has 0 aliphatic carbocycles. The molecule has 3 rings (SSSR count). The van der Waals surface area contributed by atoms with E-state index in [0.29, 0.717) is 18.4 Å². The number of amides is 1. The molecule has 0 atom stereocenters. The molecular weight excluding hydrogens is 404 g/mol. The monoisotopic (exact) mass is 424 g/mol. The van der Waals surface area contributed by atoms with Crippen molar-refractivity contribution in [2.24, 2.45) is 5.92 Å². The first-order chi connectivity index (χ1) is 13.3. The fourth-order valence-electron chi connectivity index (χ4n) is 2.93. The lowest BCUT2D eigenvalue weighted by Gasteiger charge is -2.28. The van der Waals surface area contributed by atoms with E-state index in [1.54, 1.807) is 18.2 Å². The van der Waals surface area contributed by atoms with Gasteiger partial charge >= 0.3 is 5.97 Å². The summed E-state index contributed by atoms with van der Waals surface area (Å²) in [4.78, 5) is 23.9. The number of hydrogen-bond acceptors (Lipinski definition) is 8. The highest BCUT2D eigenvalue weighted by atomic mass is 32.2. The number of benzene rings is 1. The molecule has 0 saturated carbocycles. The lowest BCUT2D eigenvalue weighted by molar-refractivity contribution is -0.146. The highest BCUT2D eigenvalue weighted by Crippen LogP contribution is 2.28. The number of sulfonamides is 1. The SMILES string of the molecule is COC(=O)C1CCN(S(=O)(=O)c2nnc(NC(=O)c3cccc(C)c3)s2)CC1. The Bertz CT molecular complexity index is 981. The molecule has 0 bridgehead atoms. The molecule has 0 spiro atoms. The molecule has 150 valence electrons. The van der Waals surface area contributed by atoms with Crippen LogP contribution in [0.4, 0.5) is 5.13 Å². The third kappa shape index (κ3) is 4.37. The molecule has 2 aromatic rings. The molecule has 11 heteroatoms. The molecule has 1 aliphatic heterocycles. The van der Waals surface area contributed by atoms with Crippen LogP contribution in [-0.4, -0.2) is 55.0 Å². The number of nitrogens with one attached hydrogen (secondary N) is 1. The van der Waals surface area contributed by atoms with Gasteiger partial charge in [0, 0.05) is 18.7 Å². The van der Waals surface area contributed by atoms with Gasteiger partial charge in [-0.2, -0.15) is 4.31 Å². The van der Waals surface area contributed by atoms with Crippen molar-refractivity contribution in [1.82, 2.24) is 14.5 Å². The molecule has 9 nitrogen and oxygen atoms in total. The molecular formula is C17H20N4O5S2. The van der Waals surface area contributed by atoms with Gasteiger partial charge in [0.15, 0.2) is 0 Å². The van der Waals surface area contributed by atoms with Gasteiger partial charge in [-0.25, -0.2) is 8.42 Å². The Morgan fingerprint density at radius 1 is 1.25 bits per heavy atom. The average molecular weight is 425 g/mol. The summed E-state index contributed by atoms with van der Waals surface area (Å²) in [7, 11) is -2.51. The van der Waals surface area contributed by atoms with E-state index < -0.39 is 10.0 Å². The number of rotatable bonds is 5. The van der Waals surface area contributed by atoms with E-state index in [4.69, 9.17) is 4.74 Å². The maximum atomic E-state index is 12.8. The number of piperidine rings is 1. The number of carbonyl (C=O) groups is 2. The summed E-state index contributed by atoms with van der Waals surface area (Å²) in [6.07, 6.45) is 0.781. The summed E-state index contributed by atoms with van der Waals surface area (Å²) >= 11 is 0.797. The van der Waals surface area contributed by atoms with Crippen LogP contribution >= 0.6 is 11.3 Å². The number of ether oxygens (including phenoxy) is 1. The molecule has 2 heterocycles. The highest BCUT2D eigenvalue weighted by Gasteiger charge is 2.34. The van der Waals surface area contributed by atoms with Gasteiger partial charge in [0.2, 0.25) is 9.47 Å². The zero-order valence-electron chi connectivity index (χ0n) is 15.4. The van der Waals surface area contributed by atoms with Gasteiger partial charge in [-0.05, 0) is 31.9 Å². The molecule has 0 unspecified atom stereocenters. The van der Waals surface area contributed by atoms with Gasteiger partial charge in [0.25, 0.3) is 15.9 Å². The van der Waals surface area contributed by atoms with Crippen molar-refractivity contribution < 1.29 is 22.7 Å². The predicted octanol–water partition coefficient (Wildman–Crippen LogP) is 1.67. The summed E-state index contributed by atoms with van der Waals surface area (Å²) < 4.78 is 31.3. The second-order valence-corrected chi connectivity index (χ2v) is 9.49. The number of aromatic nitrogens is 2. The Hall–Kier alpha value is -2.37. The average Bonchev–Trinajstić information content (AvgIpc) is 3.16. The summed E-state index contributed by atoms with van der Waals surface area (Å²) in [6.45, 7) is 2.27. The van der Waals surface area contributed by atoms with Crippen LogP contribution in [0.25, 0.3) is 0 Å². The van der Waals surface area contributed by atoms with Crippen molar-refractivity contribution in [1.29, 1.82) is 0 Å². The summed E-state index contributed by atoms with van der Waals surface area (Å²) in [5, 5.41) is 10.2. The van der Waals surface area contributed by atoms with E-state index in [-0.39, 0.29) is 40.4 Å². The van der Waals surface area contributed by atoms with Crippen molar-refractivity contribution in [3.05, 3.63) is 35.4 Å². The molecule has 1 amide bonds. The highest BCUT2D eigenvalue weighted by molar-refractivity contribution is 7.91. The topological polar surface area (TPSA) is 119 Å². The van der Waals surface area contributed by atoms with E-state index in [9.17, 15) is 18.0 Å². The zero-order valence-corrected chi connectivity index (χ0v) is 17.0. The van der Waals surface area contributed by atoms with Crippen LogP contribution in [0.15, 0.2) is 28.6 Å². The van der Waals surface area contributed by atoms with Gasteiger partial charge in [0.1, 0.15) is 0 Å². The van der Waals surface area contributed by atoms with Crippen LogP contribution in [0.2, 0.25) is 0 Å². The predicted molar refractivity (Wildman–Crippen MR) is 103 cm³/mol. The molecule has 1 fully saturated rings. The van der Waals surface area contributed by atoms with Gasteiger partial charge < -0.3 is 4.74 Å². The maximum Gasteiger partial charge on any atom is 0.308 e. The standard InChI is InChI=1S/C17H20N4O5S2/c1-11-4-3-5-13(10-11)14(22)18-16-19-20-17(27-16)28(24,25)21-8-6-12(7-9-21)15(23)26-2/h3-5,10,12H,6-9H2,1-2H3,(H,18,19,22). The summed E-state index contributed by atoms with van der Waals surface area (Å²) in [5.74, 6) is -1.01. The van der Waals surface area contributed by atoms with E-state index >= 15 is 0 Å². The number of carbonyl (C=O) groups excluding carboxylic acids is 2. The largest absolute Gasteiger partial charge is 0.469 e. The second kappa shape index (κ2) is 8.33. The van der Waals surface area contributed by atoms with Crippen LogP contribution in [0.3, 0.4) is 0 Å². The maximum absolute atomic E-state index is 12.8. The third-order valence-corrected chi connectivity index (χ3v) is 7.54. The molecule has 1 aromatic heterocycles. The normalized spacial score (nSPS) is 15.9. The molecule has 1 aromatic carbocycles. The molecule has 0 radical (unpaired) electrons. The van der Waals surface area contributed by atoms with Crippen molar-refractivity contribution in [2.75, 3.05) is 25.5 Å². The van der Waals surface area contributed by atoms with E-state index in [2.05, 4.69) is 15.5 Å². The number of esters is 1. The van der Waals surface area contributed by atoms with Crippen LogP contribution in [0, 0.1) is 12.8 Å². The lowest BCUT2D eigenvalue weighted by atomic mass is 9.99. The number of anilines is 1. The Labute approximate surface area is 166 Å². The van der Waals surface area contributed by atoms with Crippen molar-refractivity contribution in [3.8, 4) is 0 Å². The van der Waals surface area contributed by atoms with Crippen LogP contribution in [0.1, 0.15) is 28.8 Å². The fourth-order valence-corrected chi connectivity index (χ4v) is 5.43. The molecule has 1 aliphatic rings. The molecule has 1 N–H and O–H groups in total. The molecule has 28 heavy (non-hydrogen) atoms. The van der Waals surface area contributed by atoms with Crippen molar-refractivity contribution in [2.45, 2.75) is 24.1 Å². The van der Waals surface area contributed by atoms with Gasteiger partial charge in [-0.1, -0.05) is 29.0 Å². The van der Waals surface area contributed by atoms with Gasteiger partial charge in [-0.15, -0.1) is 10.2 Å². The number of hydrogen-bond donors (Lipinski definition) is 1.